The molecule has 1 aromatic carbocycles. The first-order valence-corrected chi connectivity index (χ1v) is 5.30. The lowest BCUT2D eigenvalue weighted by atomic mass is 10.1. The van der Waals surface area contributed by atoms with E-state index >= 15 is 0 Å². The standard InChI is InChI=1S/C11H13FN2O2S/c1-6(10(13)17)14(2)11(16)8-4-3-7(15)5-9(8)12/h3-6,15H,1-2H3,(H2,13,17). The van der Waals surface area contributed by atoms with Gasteiger partial charge in [-0.25, -0.2) is 4.39 Å². The number of carbonyl (C=O) groups is 1. The van der Waals surface area contributed by atoms with Gasteiger partial charge in [-0.3, -0.25) is 4.79 Å². The van der Waals surface area contributed by atoms with Crippen LogP contribution >= 0.6 is 12.2 Å². The summed E-state index contributed by atoms with van der Waals surface area (Å²) in [7, 11) is 1.48. The van der Waals surface area contributed by atoms with Crippen LogP contribution in [0.2, 0.25) is 0 Å². The summed E-state index contributed by atoms with van der Waals surface area (Å²) in [5, 5.41) is 9.05. The number of hydrogen-bond donors (Lipinski definition) is 2. The summed E-state index contributed by atoms with van der Waals surface area (Å²) in [5.41, 5.74) is 5.29. The van der Waals surface area contributed by atoms with Crippen molar-refractivity contribution < 1.29 is 14.3 Å². The fraction of sp³-hybridized carbons (Fsp3) is 0.273. The number of aromatic hydroxyl groups is 1. The van der Waals surface area contributed by atoms with Crippen LogP contribution in [0.3, 0.4) is 0 Å². The second kappa shape index (κ2) is 5.09. The van der Waals surface area contributed by atoms with Crippen molar-refractivity contribution in [1.29, 1.82) is 0 Å². The molecule has 0 aliphatic rings. The molecule has 17 heavy (non-hydrogen) atoms. The maximum atomic E-state index is 13.5. The number of phenols is 1. The van der Waals surface area contributed by atoms with Crippen LogP contribution in [0.15, 0.2) is 18.2 Å². The first kappa shape index (κ1) is 13.4. The number of nitrogens with two attached hydrogens (primary N) is 1. The molecule has 0 saturated heterocycles. The van der Waals surface area contributed by atoms with Gasteiger partial charge in [0.15, 0.2) is 0 Å². The SMILES string of the molecule is CC(C(N)=S)N(C)C(=O)c1ccc(O)cc1F. The van der Waals surface area contributed by atoms with Crippen molar-refractivity contribution >= 4 is 23.1 Å². The number of rotatable bonds is 3. The smallest absolute Gasteiger partial charge is 0.257 e. The number of halogens is 1. The predicted octanol–water partition coefficient (Wildman–Crippen LogP) is 1.28. The Bertz CT molecular complexity index is 465. The lowest BCUT2D eigenvalue weighted by Gasteiger charge is -2.24. The van der Waals surface area contributed by atoms with Crippen molar-refractivity contribution in [3.05, 3.63) is 29.6 Å². The van der Waals surface area contributed by atoms with E-state index in [0.717, 1.165) is 6.07 Å². The summed E-state index contributed by atoms with van der Waals surface area (Å²) in [4.78, 5) is 13.3. The summed E-state index contributed by atoms with van der Waals surface area (Å²) in [6.45, 7) is 1.65. The summed E-state index contributed by atoms with van der Waals surface area (Å²) in [6, 6.07) is 2.88. The molecule has 0 spiro atoms. The predicted molar refractivity (Wildman–Crippen MR) is 66.4 cm³/mol. The van der Waals surface area contributed by atoms with Crippen LogP contribution in [0.25, 0.3) is 0 Å². The van der Waals surface area contributed by atoms with E-state index in [2.05, 4.69) is 0 Å². The molecule has 0 aliphatic heterocycles. The molecule has 0 heterocycles. The molecule has 1 unspecified atom stereocenters. The molecule has 4 nitrogen and oxygen atoms in total. The highest BCUT2D eigenvalue weighted by Crippen LogP contribution is 2.17. The van der Waals surface area contributed by atoms with Crippen LogP contribution in [0.5, 0.6) is 5.75 Å². The van der Waals surface area contributed by atoms with E-state index in [1.807, 2.05) is 0 Å². The van der Waals surface area contributed by atoms with Gasteiger partial charge in [-0.2, -0.15) is 0 Å². The molecule has 0 bridgehead atoms. The molecule has 1 rings (SSSR count). The van der Waals surface area contributed by atoms with Crippen molar-refractivity contribution in [3.63, 3.8) is 0 Å². The van der Waals surface area contributed by atoms with Crippen LogP contribution in [0.4, 0.5) is 4.39 Å². The first-order valence-electron chi connectivity index (χ1n) is 4.89. The van der Waals surface area contributed by atoms with Gasteiger partial charge in [-0.05, 0) is 19.1 Å². The third-order valence-electron chi connectivity index (χ3n) is 2.50. The number of phenolic OH excluding ortho intramolecular Hbond substituents is 1. The quantitative estimate of drug-likeness (QED) is 0.799. The third kappa shape index (κ3) is 2.91. The Labute approximate surface area is 104 Å². The van der Waals surface area contributed by atoms with E-state index in [1.165, 1.54) is 24.1 Å². The summed E-state index contributed by atoms with van der Waals surface area (Å²) >= 11 is 4.77. The lowest BCUT2D eigenvalue weighted by Crippen LogP contribution is -2.43. The normalized spacial score (nSPS) is 11.9. The third-order valence-corrected chi connectivity index (χ3v) is 2.84. The van der Waals surface area contributed by atoms with Gasteiger partial charge in [0, 0.05) is 13.1 Å². The highest BCUT2D eigenvalue weighted by Gasteiger charge is 2.21. The second-order valence-corrected chi connectivity index (χ2v) is 4.13. The molecule has 92 valence electrons. The van der Waals surface area contributed by atoms with Crippen LogP contribution < -0.4 is 5.73 Å². The number of likely N-dealkylation sites (N-methyl/N-ethyl adjacent to an activating group) is 1. The van der Waals surface area contributed by atoms with Gasteiger partial charge >= 0.3 is 0 Å². The molecular formula is C11H13FN2O2S. The average molecular weight is 256 g/mol. The molecule has 1 atom stereocenters. The zero-order chi connectivity index (χ0) is 13.2. The topological polar surface area (TPSA) is 66.6 Å². The number of thiocarbonyl (C=S) groups is 1. The molecule has 3 N–H and O–H groups in total. The van der Waals surface area contributed by atoms with Crippen LogP contribution in [-0.4, -0.2) is 34.0 Å². The summed E-state index contributed by atoms with van der Waals surface area (Å²) in [6.07, 6.45) is 0. The Balaban J connectivity index is 3.00. The van der Waals surface area contributed by atoms with Crippen molar-refractivity contribution in [1.82, 2.24) is 4.90 Å². The minimum Gasteiger partial charge on any atom is -0.508 e. The van der Waals surface area contributed by atoms with Crippen molar-refractivity contribution in [2.24, 2.45) is 5.73 Å². The minimum absolute atomic E-state index is 0.131. The van der Waals surface area contributed by atoms with Gasteiger partial charge in [-0.1, -0.05) is 12.2 Å². The number of nitrogens with zero attached hydrogens (tertiary/aromatic N) is 1. The van der Waals surface area contributed by atoms with E-state index in [1.54, 1.807) is 6.92 Å². The first-order chi connectivity index (χ1) is 7.84. The fourth-order valence-electron chi connectivity index (χ4n) is 1.23. The van der Waals surface area contributed by atoms with Crippen molar-refractivity contribution in [3.8, 4) is 5.75 Å². The zero-order valence-corrected chi connectivity index (χ0v) is 10.3. The lowest BCUT2D eigenvalue weighted by molar-refractivity contribution is 0.0774. The van der Waals surface area contributed by atoms with Gasteiger partial charge in [0.25, 0.3) is 5.91 Å². The van der Waals surface area contributed by atoms with Gasteiger partial charge in [0.05, 0.1) is 16.6 Å². The maximum absolute atomic E-state index is 13.5. The summed E-state index contributed by atoms with van der Waals surface area (Å²) < 4.78 is 13.5. The van der Waals surface area contributed by atoms with E-state index in [4.69, 9.17) is 23.1 Å². The Hall–Kier alpha value is -1.69. The number of carbonyl (C=O) groups excluding carboxylic acids is 1. The number of amides is 1. The second-order valence-electron chi connectivity index (χ2n) is 3.66. The van der Waals surface area contributed by atoms with Gasteiger partial charge in [0.2, 0.25) is 0 Å². The number of hydrogen-bond acceptors (Lipinski definition) is 3. The molecule has 0 saturated carbocycles. The van der Waals surface area contributed by atoms with E-state index in [0.29, 0.717) is 0 Å². The van der Waals surface area contributed by atoms with Gasteiger partial charge in [-0.15, -0.1) is 0 Å². The molecule has 1 amide bonds. The minimum atomic E-state index is -0.781. The maximum Gasteiger partial charge on any atom is 0.257 e. The molecule has 0 radical (unpaired) electrons. The van der Waals surface area contributed by atoms with E-state index < -0.39 is 17.8 Å². The Kier molecular flexibility index (Phi) is 4.01. The highest BCUT2D eigenvalue weighted by molar-refractivity contribution is 7.80. The fourth-order valence-corrected chi connectivity index (χ4v) is 1.39. The average Bonchev–Trinajstić information content (AvgIpc) is 2.26. The van der Waals surface area contributed by atoms with Gasteiger partial charge in [0.1, 0.15) is 11.6 Å². The monoisotopic (exact) mass is 256 g/mol. The van der Waals surface area contributed by atoms with E-state index in [9.17, 15) is 9.18 Å². The van der Waals surface area contributed by atoms with Crippen LogP contribution in [0, 0.1) is 5.82 Å². The number of benzene rings is 1. The molecule has 0 aliphatic carbocycles. The van der Waals surface area contributed by atoms with Gasteiger partial charge < -0.3 is 15.7 Å². The Morgan fingerprint density at radius 2 is 2.18 bits per heavy atom. The summed E-state index contributed by atoms with van der Waals surface area (Å²) in [5.74, 6) is -1.55. The molecule has 6 heteroatoms. The molecule has 1 aromatic rings. The highest BCUT2D eigenvalue weighted by atomic mass is 32.1. The Morgan fingerprint density at radius 3 is 2.65 bits per heavy atom. The van der Waals surface area contributed by atoms with Crippen LogP contribution in [-0.2, 0) is 0 Å². The van der Waals surface area contributed by atoms with E-state index in [-0.39, 0.29) is 16.3 Å². The van der Waals surface area contributed by atoms with Crippen LogP contribution in [0.1, 0.15) is 17.3 Å². The molecule has 0 aromatic heterocycles. The Morgan fingerprint density at radius 1 is 1.59 bits per heavy atom. The van der Waals surface area contributed by atoms with Crippen molar-refractivity contribution in [2.75, 3.05) is 7.05 Å². The zero-order valence-electron chi connectivity index (χ0n) is 9.48. The molecule has 0 fully saturated rings. The van der Waals surface area contributed by atoms with Crippen molar-refractivity contribution in [2.45, 2.75) is 13.0 Å². The molecular weight excluding hydrogens is 243 g/mol. The largest absolute Gasteiger partial charge is 0.508 e.